The van der Waals surface area contributed by atoms with E-state index in [1.807, 2.05) is 18.2 Å². The topological polar surface area (TPSA) is 65.1 Å². The van der Waals surface area contributed by atoms with Crippen molar-refractivity contribution >= 4 is 5.84 Å². The minimum atomic E-state index is 0.165. The zero-order chi connectivity index (χ0) is 14.5. The van der Waals surface area contributed by atoms with E-state index >= 15 is 0 Å². The van der Waals surface area contributed by atoms with E-state index < -0.39 is 0 Å². The molecule has 5 heteroatoms. The Morgan fingerprint density at radius 2 is 2.10 bits per heavy atom. The molecule has 0 aromatic heterocycles. The highest BCUT2D eigenvalue weighted by Crippen LogP contribution is 2.17. The summed E-state index contributed by atoms with van der Waals surface area (Å²) in [5, 5.41) is 11.8. The lowest BCUT2D eigenvalue weighted by Crippen LogP contribution is -2.41. The smallest absolute Gasteiger partial charge is 0.170 e. The molecule has 110 valence electrons. The highest BCUT2D eigenvalue weighted by atomic mass is 16.4. The van der Waals surface area contributed by atoms with E-state index in [0.29, 0.717) is 6.04 Å². The molecule has 0 amide bonds. The Balaban J connectivity index is 1.94. The summed E-state index contributed by atoms with van der Waals surface area (Å²) >= 11 is 0. The molecule has 1 saturated heterocycles. The minimum absolute atomic E-state index is 0.165. The van der Waals surface area contributed by atoms with Crippen molar-refractivity contribution in [3.63, 3.8) is 0 Å². The maximum atomic E-state index is 8.73. The molecule has 0 radical (unpaired) electrons. The molecular weight excluding hydrogens is 252 g/mol. The van der Waals surface area contributed by atoms with E-state index in [-0.39, 0.29) is 5.84 Å². The van der Waals surface area contributed by atoms with E-state index in [2.05, 4.69) is 35.1 Å². The van der Waals surface area contributed by atoms with Gasteiger partial charge in [-0.25, -0.2) is 0 Å². The maximum Gasteiger partial charge on any atom is 0.170 e. The molecular formula is C15H24N4O. The van der Waals surface area contributed by atoms with Gasteiger partial charge in [-0.1, -0.05) is 23.4 Å². The number of piperidine rings is 1. The van der Waals surface area contributed by atoms with Gasteiger partial charge in [-0.3, -0.25) is 4.90 Å². The molecule has 1 heterocycles. The van der Waals surface area contributed by atoms with E-state index in [9.17, 15) is 0 Å². The number of likely N-dealkylation sites (tertiary alicyclic amines) is 1. The van der Waals surface area contributed by atoms with Crippen molar-refractivity contribution in [2.75, 3.05) is 27.2 Å². The summed E-state index contributed by atoms with van der Waals surface area (Å²) in [6.45, 7) is 3.17. The van der Waals surface area contributed by atoms with E-state index in [4.69, 9.17) is 10.9 Å². The normalized spacial score (nSPS) is 18.6. The van der Waals surface area contributed by atoms with Gasteiger partial charge in [0, 0.05) is 18.2 Å². The van der Waals surface area contributed by atoms with Crippen LogP contribution < -0.4 is 5.73 Å². The maximum absolute atomic E-state index is 8.73. The molecule has 2 rings (SSSR count). The van der Waals surface area contributed by atoms with Crippen molar-refractivity contribution in [3.8, 4) is 0 Å². The van der Waals surface area contributed by atoms with Crippen molar-refractivity contribution in [2.24, 2.45) is 10.9 Å². The fourth-order valence-corrected chi connectivity index (χ4v) is 2.74. The Hall–Kier alpha value is -1.59. The molecule has 0 unspecified atom stereocenters. The number of nitrogens with zero attached hydrogens (tertiary/aromatic N) is 3. The van der Waals surface area contributed by atoms with Gasteiger partial charge in [0.15, 0.2) is 5.84 Å². The highest BCUT2D eigenvalue weighted by Gasteiger charge is 2.20. The second-order valence-corrected chi connectivity index (χ2v) is 5.66. The summed E-state index contributed by atoms with van der Waals surface area (Å²) in [5.74, 6) is 0.165. The first-order valence-corrected chi connectivity index (χ1v) is 7.06. The number of oxime groups is 1. The van der Waals surface area contributed by atoms with Gasteiger partial charge in [0.1, 0.15) is 0 Å². The zero-order valence-corrected chi connectivity index (χ0v) is 12.3. The molecule has 1 aliphatic rings. The monoisotopic (exact) mass is 276 g/mol. The van der Waals surface area contributed by atoms with Crippen LogP contribution in [0.3, 0.4) is 0 Å². The largest absolute Gasteiger partial charge is 0.409 e. The van der Waals surface area contributed by atoms with Gasteiger partial charge in [-0.15, -0.1) is 0 Å². The first-order valence-electron chi connectivity index (χ1n) is 7.06. The van der Waals surface area contributed by atoms with E-state index in [1.54, 1.807) is 0 Å². The number of benzene rings is 1. The number of amidine groups is 1. The number of hydrogen-bond acceptors (Lipinski definition) is 4. The summed E-state index contributed by atoms with van der Waals surface area (Å²) in [5.41, 5.74) is 7.61. The van der Waals surface area contributed by atoms with Crippen molar-refractivity contribution < 1.29 is 5.21 Å². The van der Waals surface area contributed by atoms with E-state index in [0.717, 1.165) is 25.2 Å². The quantitative estimate of drug-likeness (QED) is 0.377. The SMILES string of the molecule is CN(C)C1CCN(Cc2cccc(/C(N)=N/O)c2)CC1. The van der Waals surface area contributed by atoms with Crippen molar-refractivity contribution in [3.05, 3.63) is 35.4 Å². The second-order valence-electron chi connectivity index (χ2n) is 5.66. The Morgan fingerprint density at radius 1 is 1.40 bits per heavy atom. The summed E-state index contributed by atoms with van der Waals surface area (Å²) in [4.78, 5) is 4.78. The van der Waals surface area contributed by atoms with Crippen LogP contribution >= 0.6 is 0 Å². The van der Waals surface area contributed by atoms with Crippen LogP contribution in [0.25, 0.3) is 0 Å². The van der Waals surface area contributed by atoms with Crippen molar-refractivity contribution in [1.29, 1.82) is 0 Å². The molecule has 1 aliphatic heterocycles. The van der Waals surface area contributed by atoms with Crippen LogP contribution in [-0.4, -0.2) is 54.1 Å². The van der Waals surface area contributed by atoms with Crippen LogP contribution in [0.4, 0.5) is 0 Å². The zero-order valence-electron chi connectivity index (χ0n) is 12.3. The van der Waals surface area contributed by atoms with Gasteiger partial charge in [-0.05, 0) is 51.7 Å². The molecule has 0 aliphatic carbocycles. The lowest BCUT2D eigenvalue weighted by Gasteiger charge is -2.35. The van der Waals surface area contributed by atoms with Gasteiger partial charge in [0.05, 0.1) is 0 Å². The van der Waals surface area contributed by atoms with Gasteiger partial charge < -0.3 is 15.8 Å². The van der Waals surface area contributed by atoms with Crippen molar-refractivity contribution in [1.82, 2.24) is 9.80 Å². The number of nitrogens with two attached hydrogens (primary N) is 1. The minimum Gasteiger partial charge on any atom is -0.409 e. The standard InChI is InChI=1S/C15H24N4O/c1-18(2)14-6-8-19(9-7-14)11-12-4-3-5-13(10-12)15(16)17-20/h3-5,10,14,20H,6-9,11H2,1-2H3,(H2,16,17). The first-order chi connectivity index (χ1) is 9.60. The van der Waals surface area contributed by atoms with Gasteiger partial charge in [0.25, 0.3) is 0 Å². The molecule has 0 spiro atoms. The third-order valence-corrected chi connectivity index (χ3v) is 4.02. The fourth-order valence-electron chi connectivity index (χ4n) is 2.74. The second kappa shape index (κ2) is 6.72. The van der Waals surface area contributed by atoms with Crippen LogP contribution in [0.1, 0.15) is 24.0 Å². The first kappa shape index (κ1) is 14.8. The number of rotatable bonds is 4. The summed E-state index contributed by atoms with van der Waals surface area (Å²) in [6.07, 6.45) is 2.43. The number of hydrogen-bond donors (Lipinski definition) is 2. The summed E-state index contributed by atoms with van der Waals surface area (Å²) in [7, 11) is 4.31. The molecule has 3 N–H and O–H groups in total. The van der Waals surface area contributed by atoms with Gasteiger partial charge in [-0.2, -0.15) is 0 Å². The predicted octanol–water partition coefficient (Wildman–Crippen LogP) is 1.31. The van der Waals surface area contributed by atoms with Gasteiger partial charge in [0.2, 0.25) is 0 Å². The Labute approximate surface area is 120 Å². The van der Waals surface area contributed by atoms with Crippen LogP contribution in [0.15, 0.2) is 29.4 Å². The molecule has 1 fully saturated rings. The average molecular weight is 276 g/mol. The van der Waals surface area contributed by atoms with Crippen LogP contribution in [0.5, 0.6) is 0 Å². The summed E-state index contributed by atoms with van der Waals surface area (Å²) < 4.78 is 0. The Morgan fingerprint density at radius 3 is 2.70 bits per heavy atom. The molecule has 0 atom stereocenters. The lowest BCUT2D eigenvalue weighted by atomic mass is 10.0. The van der Waals surface area contributed by atoms with Gasteiger partial charge >= 0.3 is 0 Å². The van der Waals surface area contributed by atoms with Crippen molar-refractivity contribution in [2.45, 2.75) is 25.4 Å². The Bertz CT molecular complexity index is 465. The molecule has 20 heavy (non-hydrogen) atoms. The summed E-state index contributed by atoms with van der Waals surface area (Å²) in [6, 6.07) is 8.60. The molecule has 0 saturated carbocycles. The lowest BCUT2D eigenvalue weighted by molar-refractivity contribution is 0.140. The van der Waals surface area contributed by atoms with E-state index in [1.165, 1.54) is 18.4 Å². The van der Waals surface area contributed by atoms with Crippen LogP contribution in [0, 0.1) is 0 Å². The third-order valence-electron chi connectivity index (χ3n) is 4.02. The molecule has 5 nitrogen and oxygen atoms in total. The van der Waals surface area contributed by atoms with Crippen LogP contribution in [-0.2, 0) is 6.54 Å². The fraction of sp³-hybridized carbons (Fsp3) is 0.533. The predicted molar refractivity (Wildman–Crippen MR) is 80.9 cm³/mol. The highest BCUT2D eigenvalue weighted by molar-refractivity contribution is 5.97. The third kappa shape index (κ3) is 3.71. The van der Waals surface area contributed by atoms with Crippen LogP contribution in [0.2, 0.25) is 0 Å². The molecule has 0 bridgehead atoms. The average Bonchev–Trinajstić information content (AvgIpc) is 2.47. The molecule has 1 aromatic carbocycles. The molecule has 1 aromatic rings. The Kier molecular flexibility index (Phi) is 4.98.